The molecule has 0 saturated carbocycles. The van der Waals surface area contributed by atoms with Crippen molar-refractivity contribution in [1.29, 1.82) is 0 Å². The molecule has 2 aromatic rings. The van der Waals surface area contributed by atoms with Crippen LogP contribution in [0.25, 0.3) is 5.70 Å². The highest BCUT2D eigenvalue weighted by Gasteiger charge is 2.13. The summed E-state index contributed by atoms with van der Waals surface area (Å²) in [5.41, 5.74) is 1.81. The summed E-state index contributed by atoms with van der Waals surface area (Å²) in [5, 5.41) is 4.92. The van der Waals surface area contributed by atoms with Gasteiger partial charge in [0.05, 0.1) is 12.3 Å². The molecule has 0 aliphatic rings. The molecule has 0 unspecified atom stereocenters. The van der Waals surface area contributed by atoms with Gasteiger partial charge in [0.25, 0.3) is 0 Å². The van der Waals surface area contributed by atoms with Gasteiger partial charge in [-0.25, -0.2) is 9.67 Å². The Morgan fingerprint density at radius 2 is 2.17 bits per heavy atom. The predicted molar refractivity (Wildman–Crippen MR) is 93.7 cm³/mol. The topological polar surface area (TPSA) is 43.2 Å². The van der Waals surface area contributed by atoms with Crippen LogP contribution in [-0.2, 0) is 0 Å². The molecule has 1 aromatic heterocycles. The van der Waals surface area contributed by atoms with Crippen LogP contribution < -0.4 is 4.74 Å². The molecule has 0 fully saturated rings. The normalized spacial score (nSPS) is 12.2. The van der Waals surface area contributed by atoms with Crippen molar-refractivity contribution in [2.45, 2.75) is 13.8 Å². The smallest absolute Gasteiger partial charge is 0.138 e. The molecule has 0 bridgehead atoms. The number of aromatic nitrogens is 3. The molecule has 0 N–H and O–H groups in total. The molecule has 0 aliphatic heterocycles. The highest BCUT2D eigenvalue weighted by molar-refractivity contribution is 6.30. The van der Waals surface area contributed by atoms with Gasteiger partial charge in [0, 0.05) is 17.1 Å². The van der Waals surface area contributed by atoms with E-state index < -0.39 is 0 Å². The molecule has 0 spiro atoms. The minimum Gasteiger partial charge on any atom is -0.493 e. The standard InChI is InChI=1S/C17H23ClN4O/c1-13(2)10-23-17-6-5-14(18)9-15(17)16(7-8-21(3)4)22-12-19-11-20-22/h5-7,9,11-13H,8,10H2,1-4H3/b16-7+. The predicted octanol–water partition coefficient (Wildman–Crippen LogP) is 3.42. The fraction of sp³-hybridized carbons (Fsp3) is 0.412. The summed E-state index contributed by atoms with van der Waals surface area (Å²) in [5.74, 6) is 1.24. The minimum atomic E-state index is 0.444. The second kappa shape index (κ2) is 8.13. The van der Waals surface area contributed by atoms with Crippen molar-refractivity contribution in [1.82, 2.24) is 19.7 Å². The molecule has 5 nitrogen and oxygen atoms in total. The van der Waals surface area contributed by atoms with E-state index in [-0.39, 0.29) is 0 Å². The van der Waals surface area contributed by atoms with Gasteiger partial charge < -0.3 is 9.64 Å². The lowest BCUT2D eigenvalue weighted by Crippen LogP contribution is -2.13. The molecule has 124 valence electrons. The minimum absolute atomic E-state index is 0.444. The Bertz CT molecular complexity index is 651. The van der Waals surface area contributed by atoms with E-state index in [9.17, 15) is 0 Å². The average molecular weight is 335 g/mol. The lowest BCUT2D eigenvalue weighted by Gasteiger charge is -2.16. The van der Waals surface area contributed by atoms with Crippen LogP contribution in [0.4, 0.5) is 0 Å². The van der Waals surface area contributed by atoms with Crippen molar-refractivity contribution in [2.24, 2.45) is 5.92 Å². The fourth-order valence-electron chi connectivity index (χ4n) is 2.01. The zero-order valence-electron chi connectivity index (χ0n) is 14.0. The summed E-state index contributed by atoms with van der Waals surface area (Å²) in [6.45, 7) is 5.66. The Kier molecular flexibility index (Phi) is 6.19. The first kappa shape index (κ1) is 17.5. The van der Waals surface area contributed by atoms with Crippen LogP contribution in [0.2, 0.25) is 5.02 Å². The molecule has 23 heavy (non-hydrogen) atoms. The zero-order valence-corrected chi connectivity index (χ0v) is 14.8. The van der Waals surface area contributed by atoms with Gasteiger partial charge in [0.2, 0.25) is 0 Å². The molecule has 1 aromatic carbocycles. The lowest BCUT2D eigenvalue weighted by atomic mass is 10.1. The Labute approximate surface area is 142 Å². The van der Waals surface area contributed by atoms with E-state index in [0.29, 0.717) is 17.5 Å². The van der Waals surface area contributed by atoms with E-state index in [2.05, 4.69) is 34.9 Å². The highest BCUT2D eigenvalue weighted by Crippen LogP contribution is 2.30. The van der Waals surface area contributed by atoms with Crippen molar-refractivity contribution >= 4 is 17.3 Å². The first-order valence-corrected chi connectivity index (χ1v) is 7.97. The maximum Gasteiger partial charge on any atom is 0.138 e. The quantitative estimate of drug-likeness (QED) is 0.778. The van der Waals surface area contributed by atoms with Gasteiger partial charge in [-0.1, -0.05) is 25.4 Å². The van der Waals surface area contributed by atoms with Crippen LogP contribution in [0, 0.1) is 5.92 Å². The molecule has 0 radical (unpaired) electrons. The van der Waals surface area contributed by atoms with Crippen LogP contribution in [0.15, 0.2) is 36.9 Å². The van der Waals surface area contributed by atoms with Gasteiger partial charge in [0.1, 0.15) is 18.4 Å². The molecule has 2 rings (SSSR count). The number of hydrogen-bond donors (Lipinski definition) is 0. The van der Waals surface area contributed by atoms with E-state index in [4.69, 9.17) is 16.3 Å². The first-order valence-electron chi connectivity index (χ1n) is 7.60. The zero-order chi connectivity index (χ0) is 16.8. The Morgan fingerprint density at radius 1 is 1.39 bits per heavy atom. The van der Waals surface area contributed by atoms with Crippen molar-refractivity contribution in [3.63, 3.8) is 0 Å². The maximum absolute atomic E-state index is 6.21. The van der Waals surface area contributed by atoms with Crippen molar-refractivity contribution in [2.75, 3.05) is 27.2 Å². The van der Waals surface area contributed by atoms with E-state index >= 15 is 0 Å². The highest BCUT2D eigenvalue weighted by atomic mass is 35.5. The molecule has 1 heterocycles. The number of ether oxygens (including phenoxy) is 1. The number of halogens is 1. The summed E-state index contributed by atoms with van der Waals surface area (Å²) < 4.78 is 7.70. The summed E-state index contributed by atoms with van der Waals surface area (Å²) in [4.78, 5) is 6.13. The van der Waals surface area contributed by atoms with E-state index in [1.807, 2.05) is 32.3 Å². The molecular weight excluding hydrogens is 312 g/mol. The number of hydrogen-bond acceptors (Lipinski definition) is 4. The molecule has 0 saturated heterocycles. The number of rotatable bonds is 7. The van der Waals surface area contributed by atoms with Gasteiger partial charge in [-0.2, -0.15) is 5.10 Å². The summed E-state index contributed by atoms with van der Waals surface area (Å²) >= 11 is 6.21. The number of nitrogens with zero attached hydrogens (tertiary/aromatic N) is 4. The lowest BCUT2D eigenvalue weighted by molar-refractivity contribution is 0.270. The molecule has 0 aliphatic carbocycles. The maximum atomic E-state index is 6.21. The first-order chi connectivity index (χ1) is 11.0. The Morgan fingerprint density at radius 3 is 2.78 bits per heavy atom. The summed E-state index contributed by atoms with van der Waals surface area (Å²) in [7, 11) is 4.03. The van der Waals surface area contributed by atoms with Gasteiger partial charge in [-0.15, -0.1) is 0 Å². The van der Waals surface area contributed by atoms with Crippen LogP contribution in [0.1, 0.15) is 19.4 Å². The Hall–Kier alpha value is -1.85. The van der Waals surface area contributed by atoms with Gasteiger partial charge in [-0.3, -0.25) is 0 Å². The van der Waals surface area contributed by atoms with Crippen LogP contribution in [0.3, 0.4) is 0 Å². The van der Waals surface area contributed by atoms with E-state index in [1.165, 1.54) is 6.33 Å². The van der Waals surface area contributed by atoms with Crippen LogP contribution >= 0.6 is 11.6 Å². The third-order valence-electron chi connectivity index (χ3n) is 3.11. The third-order valence-corrected chi connectivity index (χ3v) is 3.34. The van der Waals surface area contributed by atoms with E-state index in [0.717, 1.165) is 23.6 Å². The molecule has 6 heteroatoms. The molecule has 0 amide bonds. The average Bonchev–Trinajstić information content (AvgIpc) is 3.00. The SMILES string of the molecule is CC(C)COc1ccc(Cl)cc1/C(=C\CN(C)C)n1cncn1. The van der Waals surface area contributed by atoms with Crippen LogP contribution in [-0.4, -0.2) is 46.9 Å². The number of likely N-dealkylation sites (N-methyl/N-ethyl adjacent to an activating group) is 1. The monoisotopic (exact) mass is 334 g/mol. The molecular formula is C17H23ClN4O. The van der Waals surface area contributed by atoms with Gasteiger partial charge >= 0.3 is 0 Å². The van der Waals surface area contributed by atoms with E-state index in [1.54, 1.807) is 11.0 Å². The number of benzene rings is 1. The van der Waals surface area contributed by atoms with Gasteiger partial charge in [0.15, 0.2) is 0 Å². The second-order valence-electron chi connectivity index (χ2n) is 6.04. The van der Waals surface area contributed by atoms with Crippen molar-refractivity contribution < 1.29 is 4.74 Å². The van der Waals surface area contributed by atoms with Gasteiger partial charge in [-0.05, 0) is 44.3 Å². The van der Waals surface area contributed by atoms with Crippen molar-refractivity contribution in [3.8, 4) is 5.75 Å². The summed E-state index contributed by atoms with van der Waals surface area (Å²) in [6.07, 6.45) is 5.28. The summed E-state index contributed by atoms with van der Waals surface area (Å²) in [6, 6.07) is 5.65. The van der Waals surface area contributed by atoms with Crippen molar-refractivity contribution in [3.05, 3.63) is 47.5 Å². The largest absolute Gasteiger partial charge is 0.493 e. The fourth-order valence-corrected chi connectivity index (χ4v) is 2.19. The second-order valence-corrected chi connectivity index (χ2v) is 6.47. The Balaban J connectivity index is 2.44. The third kappa shape index (κ3) is 5.08. The van der Waals surface area contributed by atoms with Crippen LogP contribution in [0.5, 0.6) is 5.75 Å². The molecule has 0 atom stereocenters.